The Morgan fingerprint density at radius 2 is 2.02 bits per heavy atom. The molecule has 0 spiro atoms. The summed E-state index contributed by atoms with van der Waals surface area (Å²) >= 11 is 0. The second-order valence-electron chi connectivity index (χ2n) is 11.5. The first kappa shape index (κ1) is 29.1. The van der Waals surface area contributed by atoms with Crippen molar-refractivity contribution < 1.29 is 19.1 Å². The number of rotatable bonds is 8. The fourth-order valence-corrected chi connectivity index (χ4v) is 5.47. The first-order valence-corrected chi connectivity index (χ1v) is 13.4. The molecule has 2 atom stereocenters. The predicted molar refractivity (Wildman–Crippen MR) is 153 cm³/mol. The number of aromatic nitrogens is 2. The molecule has 10 heteroatoms. The zero-order valence-electron chi connectivity index (χ0n) is 23.9. The number of aliphatic hydroxyl groups is 1. The van der Waals surface area contributed by atoms with Gasteiger partial charge in [0.2, 0.25) is 0 Å². The van der Waals surface area contributed by atoms with Crippen LogP contribution in [0.25, 0.3) is 0 Å². The van der Waals surface area contributed by atoms with E-state index in [0.29, 0.717) is 17.6 Å². The molecule has 9 nitrogen and oxygen atoms in total. The molecule has 2 unspecified atom stereocenters. The van der Waals surface area contributed by atoms with Crippen LogP contribution in [0.15, 0.2) is 46.0 Å². The van der Waals surface area contributed by atoms with Gasteiger partial charge in [-0.3, -0.25) is 14.3 Å². The smallest absolute Gasteiger partial charge is 0.263 e. The number of amides is 2. The Balaban J connectivity index is 1.60. The molecule has 2 aromatic rings. The number of aliphatic hydroxyl groups excluding tert-OH is 1. The molecule has 1 heterocycles. The number of allylic oxidation sites excluding steroid dienone is 1. The number of hydrogen-bond acceptors (Lipinski definition) is 6. The Morgan fingerprint density at radius 1 is 1.32 bits per heavy atom. The number of halogens is 1. The molecule has 0 saturated heterocycles. The van der Waals surface area contributed by atoms with Gasteiger partial charge in [0.25, 0.3) is 11.8 Å². The SMILES string of the molecule is CCC1CC2=C(C=C1C(=O)Nc1c(C)ccc(C(=N)CC(=Nc3cc(C)n(C)n3)C(N)=O)c1F)C(O)C(C)(C)C2. The van der Waals surface area contributed by atoms with Crippen molar-refractivity contribution in [1.29, 1.82) is 5.41 Å². The van der Waals surface area contributed by atoms with Crippen LogP contribution in [-0.4, -0.2) is 44.2 Å². The van der Waals surface area contributed by atoms with E-state index in [1.807, 2.05) is 27.7 Å². The van der Waals surface area contributed by atoms with Crippen molar-refractivity contribution in [3.05, 3.63) is 63.6 Å². The zero-order valence-corrected chi connectivity index (χ0v) is 23.9. The van der Waals surface area contributed by atoms with Gasteiger partial charge < -0.3 is 21.6 Å². The monoisotopic (exact) mass is 548 g/mol. The molecule has 2 aliphatic rings. The van der Waals surface area contributed by atoms with Crippen molar-refractivity contribution in [3.63, 3.8) is 0 Å². The van der Waals surface area contributed by atoms with Gasteiger partial charge in [-0.15, -0.1) is 0 Å². The second kappa shape index (κ2) is 10.9. The molecule has 5 N–H and O–H groups in total. The van der Waals surface area contributed by atoms with Crippen LogP contribution in [0.2, 0.25) is 0 Å². The lowest BCUT2D eigenvalue weighted by atomic mass is 9.82. The minimum atomic E-state index is -0.838. The molecule has 2 amide bonds. The molecule has 0 radical (unpaired) electrons. The van der Waals surface area contributed by atoms with E-state index >= 15 is 4.39 Å². The highest BCUT2D eigenvalue weighted by atomic mass is 19.1. The second-order valence-corrected chi connectivity index (χ2v) is 11.5. The number of anilines is 1. The lowest BCUT2D eigenvalue weighted by Crippen LogP contribution is -2.27. The van der Waals surface area contributed by atoms with E-state index in [1.165, 1.54) is 11.6 Å². The van der Waals surface area contributed by atoms with Crippen molar-refractivity contribution >= 4 is 34.7 Å². The fraction of sp³-hybridized carbons (Fsp3) is 0.433. The first-order valence-electron chi connectivity index (χ1n) is 13.4. The van der Waals surface area contributed by atoms with Gasteiger partial charge in [-0.25, -0.2) is 9.38 Å². The van der Waals surface area contributed by atoms with E-state index in [2.05, 4.69) is 15.4 Å². The van der Waals surface area contributed by atoms with Gasteiger partial charge in [-0.1, -0.05) is 32.4 Å². The van der Waals surface area contributed by atoms with Gasteiger partial charge in [0.05, 0.1) is 11.8 Å². The third-order valence-corrected chi connectivity index (χ3v) is 8.00. The average Bonchev–Trinajstić information content (AvgIpc) is 3.32. The molecule has 2 aliphatic carbocycles. The number of nitrogens with one attached hydrogen (secondary N) is 2. The van der Waals surface area contributed by atoms with E-state index in [-0.39, 0.29) is 46.2 Å². The largest absolute Gasteiger partial charge is 0.388 e. The Bertz CT molecular complexity index is 1480. The minimum absolute atomic E-state index is 0.0343. The third-order valence-electron chi connectivity index (χ3n) is 8.00. The number of aryl methyl sites for hydroxylation is 3. The number of carbonyl (C=O) groups is 2. The van der Waals surface area contributed by atoms with Gasteiger partial charge in [0, 0.05) is 42.1 Å². The first-order chi connectivity index (χ1) is 18.7. The van der Waals surface area contributed by atoms with Crippen LogP contribution < -0.4 is 11.1 Å². The number of primary amides is 1. The van der Waals surface area contributed by atoms with Crippen LogP contribution >= 0.6 is 0 Å². The van der Waals surface area contributed by atoms with Crippen LogP contribution in [0.4, 0.5) is 15.9 Å². The Labute approximate surface area is 233 Å². The summed E-state index contributed by atoms with van der Waals surface area (Å²) in [6.45, 7) is 9.52. The molecular weight excluding hydrogens is 511 g/mol. The van der Waals surface area contributed by atoms with Crippen LogP contribution in [0, 0.1) is 36.4 Å². The van der Waals surface area contributed by atoms with E-state index in [4.69, 9.17) is 11.1 Å². The fourth-order valence-electron chi connectivity index (χ4n) is 5.47. The summed E-state index contributed by atoms with van der Waals surface area (Å²) in [5, 5.41) is 26.3. The number of aliphatic imine (C=N–C) groups is 1. The maximum absolute atomic E-state index is 15.8. The van der Waals surface area contributed by atoms with Crippen molar-refractivity contribution in [1.82, 2.24) is 9.78 Å². The molecule has 0 bridgehead atoms. The van der Waals surface area contributed by atoms with Gasteiger partial charge in [0.1, 0.15) is 5.71 Å². The van der Waals surface area contributed by atoms with Crippen LogP contribution in [0.1, 0.15) is 63.3 Å². The lowest BCUT2D eigenvalue weighted by molar-refractivity contribution is -0.113. The van der Waals surface area contributed by atoms with Crippen molar-refractivity contribution in [2.24, 2.45) is 29.1 Å². The number of hydrogen-bond donors (Lipinski definition) is 4. The summed E-state index contributed by atoms with van der Waals surface area (Å²) in [5.74, 6) is -1.84. The zero-order chi connectivity index (χ0) is 29.5. The summed E-state index contributed by atoms with van der Waals surface area (Å²) in [6.07, 6.45) is 2.98. The molecule has 1 aromatic carbocycles. The van der Waals surface area contributed by atoms with E-state index in [1.54, 1.807) is 36.9 Å². The molecule has 0 aliphatic heterocycles. The average molecular weight is 549 g/mol. The maximum atomic E-state index is 15.8. The highest BCUT2D eigenvalue weighted by Gasteiger charge is 2.42. The summed E-state index contributed by atoms with van der Waals surface area (Å²) in [7, 11) is 1.73. The van der Waals surface area contributed by atoms with E-state index in [0.717, 1.165) is 24.1 Å². The molecule has 212 valence electrons. The molecule has 1 aromatic heterocycles. The van der Waals surface area contributed by atoms with Gasteiger partial charge >= 0.3 is 0 Å². The van der Waals surface area contributed by atoms with E-state index < -0.39 is 23.7 Å². The Hall–Kier alpha value is -3.92. The Kier molecular flexibility index (Phi) is 7.94. The molecule has 40 heavy (non-hydrogen) atoms. The maximum Gasteiger partial charge on any atom is 0.263 e. The van der Waals surface area contributed by atoms with Crippen LogP contribution in [0.3, 0.4) is 0 Å². The minimum Gasteiger partial charge on any atom is -0.388 e. The number of benzene rings is 1. The normalized spacial score (nSPS) is 20.3. The number of nitrogens with two attached hydrogens (primary N) is 1. The number of nitrogens with zero attached hydrogens (tertiary/aromatic N) is 3. The molecule has 4 rings (SSSR count). The molecule has 0 saturated carbocycles. The van der Waals surface area contributed by atoms with Crippen molar-refractivity contribution in [2.75, 3.05) is 5.32 Å². The highest BCUT2D eigenvalue weighted by molar-refractivity contribution is 6.42. The van der Waals surface area contributed by atoms with E-state index in [9.17, 15) is 14.7 Å². The summed E-state index contributed by atoms with van der Waals surface area (Å²) in [4.78, 5) is 29.7. The lowest BCUT2D eigenvalue weighted by Gasteiger charge is -2.25. The Morgan fingerprint density at radius 3 is 2.62 bits per heavy atom. The summed E-state index contributed by atoms with van der Waals surface area (Å²) in [5.41, 5.74) is 8.52. The van der Waals surface area contributed by atoms with Gasteiger partial charge in [-0.05, 0) is 67.7 Å². The highest BCUT2D eigenvalue weighted by Crippen LogP contribution is 2.48. The quantitative estimate of drug-likeness (QED) is 0.358. The van der Waals surface area contributed by atoms with Crippen molar-refractivity contribution in [2.45, 2.75) is 66.4 Å². The van der Waals surface area contributed by atoms with Crippen molar-refractivity contribution in [3.8, 4) is 0 Å². The van der Waals surface area contributed by atoms with Gasteiger partial charge in [0.15, 0.2) is 11.6 Å². The molecule has 0 fully saturated rings. The topological polar surface area (TPSA) is 146 Å². The molecular formula is C30H37FN6O3. The standard InChI is InChI=1S/C30H37FN6O3/c1-7-17-11-18-14-30(4,5)27(38)20(18)12-21(17)29(40)35-26-15(2)8-9-19(25(26)31)22(32)13-23(28(33)39)34-24-10-16(3)37(6)36-24/h8-10,12,17,27,32,38H,7,11,13-14H2,1-6H3,(H2,33,39)(H,35,40). The summed E-state index contributed by atoms with van der Waals surface area (Å²) in [6, 6.07) is 4.72. The number of carbonyl (C=O) groups excluding carboxylic acids is 2. The van der Waals surface area contributed by atoms with Crippen LogP contribution in [0.5, 0.6) is 0 Å². The van der Waals surface area contributed by atoms with Gasteiger partial charge in [-0.2, -0.15) is 5.10 Å². The summed E-state index contributed by atoms with van der Waals surface area (Å²) < 4.78 is 17.4. The third kappa shape index (κ3) is 5.54. The van der Waals surface area contributed by atoms with Crippen LogP contribution in [-0.2, 0) is 16.6 Å². The predicted octanol–water partition coefficient (Wildman–Crippen LogP) is 4.57.